The van der Waals surface area contributed by atoms with E-state index in [0.29, 0.717) is 0 Å². The molecule has 0 aliphatic heterocycles. The quantitative estimate of drug-likeness (QED) is 0.872. The first-order chi connectivity index (χ1) is 6.57. The van der Waals surface area contributed by atoms with Gasteiger partial charge in [-0.15, -0.1) is 0 Å². The molecular formula is C11H13IO2. The van der Waals surface area contributed by atoms with E-state index < -0.39 is 11.9 Å². The summed E-state index contributed by atoms with van der Waals surface area (Å²) in [6.07, 6.45) is 0.879. The van der Waals surface area contributed by atoms with Crippen LogP contribution in [0.5, 0.6) is 0 Å². The Hall–Kier alpha value is -0.580. The highest BCUT2D eigenvalue weighted by molar-refractivity contribution is 14.1. The minimum Gasteiger partial charge on any atom is -0.481 e. The van der Waals surface area contributed by atoms with Crippen LogP contribution in [0.25, 0.3) is 0 Å². The maximum Gasteiger partial charge on any atom is 0.310 e. The van der Waals surface area contributed by atoms with E-state index in [4.69, 9.17) is 5.11 Å². The highest BCUT2D eigenvalue weighted by Gasteiger charge is 2.18. The lowest BCUT2D eigenvalue weighted by Gasteiger charge is -2.13. The Bertz CT molecular complexity index is 347. The van der Waals surface area contributed by atoms with Gasteiger partial charge < -0.3 is 5.11 Å². The third-order valence-electron chi connectivity index (χ3n) is 2.33. The van der Waals surface area contributed by atoms with Gasteiger partial charge >= 0.3 is 5.97 Å². The lowest BCUT2D eigenvalue weighted by Crippen LogP contribution is -2.11. The van der Waals surface area contributed by atoms with Crippen LogP contribution in [-0.4, -0.2) is 11.1 Å². The molecule has 0 bridgehead atoms. The first-order valence-electron chi connectivity index (χ1n) is 4.58. The molecule has 0 saturated carbocycles. The fourth-order valence-corrected chi connectivity index (χ4v) is 2.52. The standard InChI is InChI=1S/C11H13IO2/c1-3-8-5-4-6-9(12)10(8)7(2)11(13)14/h4-7H,3H2,1-2H3,(H,13,14). The van der Waals surface area contributed by atoms with Gasteiger partial charge in [-0.3, -0.25) is 4.79 Å². The molecule has 0 heterocycles. The van der Waals surface area contributed by atoms with E-state index in [1.54, 1.807) is 6.92 Å². The van der Waals surface area contributed by atoms with E-state index in [-0.39, 0.29) is 0 Å². The van der Waals surface area contributed by atoms with Gasteiger partial charge in [-0.2, -0.15) is 0 Å². The zero-order valence-electron chi connectivity index (χ0n) is 8.25. The third kappa shape index (κ3) is 2.26. The second-order valence-corrected chi connectivity index (χ2v) is 4.39. The minimum atomic E-state index is -0.760. The molecular weight excluding hydrogens is 291 g/mol. The third-order valence-corrected chi connectivity index (χ3v) is 3.27. The first-order valence-corrected chi connectivity index (χ1v) is 5.65. The Morgan fingerprint density at radius 3 is 2.71 bits per heavy atom. The van der Waals surface area contributed by atoms with Crippen molar-refractivity contribution in [3.05, 3.63) is 32.9 Å². The van der Waals surface area contributed by atoms with Crippen molar-refractivity contribution in [2.45, 2.75) is 26.2 Å². The normalized spacial score (nSPS) is 12.5. The smallest absolute Gasteiger partial charge is 0.310 e. The Kier molecular flexibility index (Phi) is 3.92. The lowest BCUT2D eigenvalue weighted by molar-refractivity contribution is -0.138. The molecule has 0 aliphatic rings. The minimum absolute atomic E-state index is 0.418. The number of hydrogen-bond acceptors (Lipinski definition) is 1. The molecule has 0 saturated heterocycles. The second kappa shape index (κ2) is 4.77. The molecule has 0 fully saturated rings. The summed E-state index contributed by atoms with van der Waals surface area (Å²) in [6.45, 7) is 3.78. The summed E-state index contributed by atoms with van der Waals surface area (Å²) < 4.78 is 1.04. The number of rotatable bonds is 3. The predicted octanol–water partition coefficient (Wildman–Crippen LogP) is 3.04. The van der Waals surface area contributed by atoms with Gasteiger partial charge in [0.15, 0.2) is 0 Å². The summed E-state index contributed by atoms with van der Waals surface area (Å²) in [5, 5.41) is 8.98. The average molecular weight is 304 g/mol. The summed E-state index contributed by atoms with van der Waals surface area (Å²) in [5.74, 6) is -1.18. The van der Waals surface area contributed by atoms with E-state index in [1.807, 2.05) is 25.1 Å². The van der Waals surface area contributed by atoms with Crippen molar-refractivity contribution >= 4 is 28.6 Å². The van der Waals surface area contributed by atoms with Gasteiger partial charge in [0.05, 0.1) is 5.92 Å². The van der Waals surface area contributed by atoms with Crippen LogP contribution >= 0.6 is 22.6 Å². The molecule has 0 aliphatic carbocycles. The maximum absolute atomic E-state index is 10.9. The van der Waals surface area contributed by atoms with Crippen LogP contribution in [0.4, 0.5) is 0 Å². The van der Waals surface area contributed by atoms with Crippen molar-refractivity contribution in [2.75, 3.05) is 0 Å². The monoisotopic (exact) mass is 304 g/mol. The number of hydrogen-bond donors (Lipinski definition) is 1. The summed E-state index contributed by atoms with van der Waals surface area (Å²) >= 11 is 2.19. The van der Waals surface area contributed by atoms with Crippen molar-refractivity contribution in [3.63, 3.8) is 0 Å². The molecule has 1 rings (SSSR count). The predicted molar refractivity (Wildman–Crippen MR) is 64.6 cm³/mol. The number of carbonyl (C=O) groups is 1. The number of aliphatic carboxylic acids is 1. The topological polar surface area (TPSA) is 37.3 Å². The fraction of sp³-hybridized carbons (Fsp3) is 0.364. The van der Waals surface area contributed by atoms with E-state index in [1.165, 1.54) is 0 Å². The second-order valence-electron chi connectivity index (χ2n) is 3.23. The molecule has 0 radical (unpaired) electrons. The Labute approximate surface area is 97.5 Å². The van der Waals surface area contributed by atoms with Crippen molar-refractivity contribution in [3.8, 4) is 0 Å². The summed E-state index contributed by atoms with van der Waals surface area (Å²) in [5.41, 5.74) is 2.09. The molecule has 76 valence electrons. The summed E-state index contributed by atoms with van der Waals surface area (Å²) in [6, 6.07) is 5.92. The van der Waals surface area contributed by atoms with E-state index >= 15 is 0 Å². The Morgan fingerprint density at radius 1 is 1.57 bits per heavy atom. The molecule has 2 nitrogen and oxygen atoms in total. The van der Waals surface area contributed by atoms with Gasteiger partial charge in [-0.25, -0.2) is 0 Å². The number of carboxylic acids is 1. The van der Waals surface area contributed by atoms with Crippen LogP contribution in [0.15, 0.2) is 18.2 Å². The SMILES string of the molecule is CCc1cccc(I)c1C(C)C(=O)O. The Morgan fingerprint density at radius 2 is 2.21 bits per heavy atom. The van der Waals surface area contributed by atoms with Gasteiger partial charge in [0.25, 0.3) is 0 Å². The van der Waals surface area contributed by atoms with Gasteiger partial charge in [-0.05, 0) is 53.1 Å². The summed E-state index contributed by atoms with van der Waals surface area (Å²) in [7, 11) is 0. The lowest BCUT2D eigenvalue weighted by atomic mass is 9.94. The van der Waals surface area contributed by atoms with Gasteiger partial charge in [-0.1, -0.05) is 19.1 Å². The number of benzene rings is 1. The summed E-state index contributed by atoms with van der Waals surface area (Å²) in [4.78, 5) is 10.9. The number of carboxylic acid groups (broad SMARTS) is 1. The zero-order chi connectivity index (χ0) is 10.7. The average Bonchev–Trinajstić information content (AvgIpc) is 2.16. The zero-order valence-corrected chi connectivity index (χ0v) is 10.4. The molecule has 1 aromatic carbocycles. The Balaban J connectivity index is 3.23. The van der Waals surface area contributed by atoms with E-state index in [9.17, 15) is 4.79 Å². The van der Waals surface area contributed by atoms with Crippen LogP contribution in [0.3, 0.4) is 0 Å². The molecule has 3 heteroatoms. The van der Waals surface area contributed by atoms with E-state index in [2.05, 4.69) is 22.6 Å². The molecule has 1 N–H and O–H groups in total. The number of aryl methyl sites for hydroxylation is 1. The molecule has 14 heavy (non-hydrogen) atoms. The molecule has 1 atom stereocenters. The van der Waals surface area contributed by atoms with Gasteiger partial charge in [0.1, 0.15) is 0 Å². The maximum atomic E-state index is 10.9. The van der Waals surface area contributed by atoms with Crippen molar-refractivity contribution in [1.29, 1.82) is 0 Å². The molecule has 1 unspecified atom stereocenters. The largest absolute Gasteiger partial charge is 0.481 e. The fourth-order valence-electron chi connectivity index (χ4n) is 1.50. The van der Waals surface area contributed by atoms with Gasteiger partial charge in [0, 0.05) is 3.57 Å². The molecule has 0 amide bonds. The van der Waals surface area contributed by atoms with Crippen LogP contribution in [0, 0.1) is 3.57 Å². The van der Waals surface area contributed by atoms with Crippen LogP contribution in [0.1, 0.15) is 30.9 Å². The van der Waals surface area contributed by atoms with Gasteiger partial charge in [0.2, 0.25) is 0 Å². The molecule has 0 spiro atoms. The molecule has 1 aromatic rings. The first kappa shape index (κ1) is 11.5. The van der Waals surface area contributed by atoms with Crippen molar-refractivity contribution in [1.82, 2.24) is 0 Å². The van der Waals surface area contributed by atoms with Crippen molar-refractivity contribution in [2.24, 2.45) is 0 Å². The van der Waals surface area contributed by atoms with Crippen molar-refractivity contribution < 1.29 is 9.90 Å². The number of halogens is 1. The highest BCUT2D eigenvalue weighted by atomic mass is 127. The molecule has 0 aromatic heterocycles. The van der Waals surface area contributed by atoms with Crippen LogP contribution in [0.2, 0.25) is 0 Å². The van der Waals surface area contributed by atoms with E-state index in [0.717, 1.165) is 21.1 Å². The van der Waals surface area contributed by atoms with Crippen LogP contribution in [-0.2, 0) is 11.2 Å². The van der Waals surface area contributed by atoms with Crippen LogP contribution < -0.4 is 0 Å². The highest BCUT2D eigenvalue weighted by Crippen LogP contribution is 2.26.